The van der Waals surface area contributed by atoms with Crippen LogP contribution in [0.5, 0.6) is 0 Å². The maximum absolute atomic E-state index is 14.8. The van der Waals surface area contributed by atoms with E-state index in [1.165, 1.54) is 11.0 Å². The van der Waals surface area contributed by atoms with Crippen LogP contribution in [0, 0.1) is 19.7 Å². The summed E-state index contributed by atoms with van der Waals surface area (Å²) < 4.78 is 41.7. The van der Waals surface area contributed by atoms with Crippen LogP contribution in [0.2, 0.25) is 0 Å². The van der Waals surface area contributed by atoms with Crippen LogP contribution in [0.15, 0.2) is 72.8 Å². The summed E-state index contributed by atoms with van der Waals surface area (Å²) in [6, 6.07) is 19.4. The lowest BCUT2D eigenvalue weighted by molar-refractivity contribution is -0.140. The average Bonchev–Trinajstić information content (AvgIpc) is 2.89. The molecular weight excluding hydrogens is 529 g/mol. The summed E-state index contributed by atoms with van der Waals surface area (Å²) in [4.78, 5) is 29.0. The molecule has 0 aliphatic carbocycles. The fraction of sp³-hybridized carbons (Fsp3) is 0.355. The van der Waals surface area contributed by atoms with Gasteiger partial charge in [-0.3, -0.25) is 13.9 Å². The van der Waals surface area contributed by atoms with E-state index in [0.29, 0.717) is 12.1 Å². The minimum atomic E-state index is -3.88. The number of amides is 2. The number of nitrogens with zero attached hydrogens (tertiary/aromatic N) is 2. The smallest absolute Gasteiger partial charge is 0.244 e. The largest absolute Gasteiger partial charge is 0.352 e. The van der Waals surface area contributed by atoms with Crippen LogP contribution in [-0.4, -0.2) is 50.0 Å². The highest BCUT2D eigenvalue weighted by Gasteiger charge is 2.34. The number of aryl methyl sites for hydroxylation is 2. The lowest BCUT2D eigenvalue weighted by atomic mass is 10.0. The lowest BCUT2D eigenvalue weighted by Gasteiger charge is -2.34. The number of hydrogen-bond donors (Lipinski definition) is 1. The van der Waals surface area contributed by atoms with Crippen molar-refractivity contribution in [2.45, 2.75) is 59.2 Å². The van der Waals surface area contributed by atoms with Crippen molar-refractivity contribution in [3.05, 3.63) is 101 Å². The van der Waals surface area contributed by atoms with Crippen LogP contribution in [0.3, 0.4) is 0 Å². The zero-order chi connectivity index (χ0) is 29.4. The van der Waals surface area contributed by atoms with Gasteiger partial charge in [0.2, 0.25) is 21.8 Å². The van der Waals surface area contributed by atoms with E-state index in [1.54, 1.807) is 30.3 Å². The summed E-state index contributed by atoms with van der Waals surface area (Å²) >= 11 is 0. The quantitative estimate of drug-likeness (QED) is 0.342. The van der Waals surface area contributed by atoms with Gasteiger partial charge in [0.15, 0.2) is 0 Å². The van der Waals surface area contributed by atoms with Gasteiger partial charge < -0.3 is 10.2 Å². The van der Waals surface area contributed by atoms with Crippen molar-refractivity contribution >= 4 is 27.5 Å². The third-order valence-corrected chi connectivity index (χ3v) is 7.88. The van der Waals surface area contributed by atoms with Crippen LogP contribution < -0.4 is 9.62 Å². The van der Waals surface area contributed by atoms with Gasteiger partial charge in [-0.1, -0.05) is 61.5 Å². The summed E-state index contributed by atoms with van der Waals surface area (Å²) in [5, 5.41) is 2.96. The molecule has 0 bridgehead atoms. The van der Waals surface area contributed by atoms with Gasteiger partial charge in [-0.15, -0.1) is 0 Å². The van der Waals surface area contributed by atoms with E-state index in [9.17, 15) is 22.4 Å². The average molecular weight is 568 g/mol. The second kappa shape index (κ2) is 13.6. The number of anilines is 1. The standard InChI is InChI=1S/C31H38FN3O4S/c1-6-24(4)33-31(37)29(19-25-12-8-7-9-13-25)34(20-26-14-10-11-15-28(26)32)30(36)21-35(40(5,38)39)27-17-22(2)16-23(3)18-27/h7-18,24,29H,6,19-21H2,1-5H3,(H,33,37). The number of rotatable bonds is 12. The van der Waals surface area contributed by atoms with Gasteiger partial charge in [0.1, 0.15) is 18.4 Å². The van der Waals surface area contributed by atoms with Crippen LogP contribution in [0.4, 0.5) is 10.1 Å². The summed E-state index contributed by atoms with van der Waals surface area (Å²) in [5.74, 6) is -1.52. The zero-order valence-electron chi connectivity index (χ0n) is 23.7. The molecule has 7 nitrogen and oxygen atoms in total. The van der Waals surface area contributed by atoms with E-state index in [1.807, 2.05) is 64.1 Å². The van der Waals surface area contributed by atoms with E-state index < -0.39 is 34.3 Å². The highest BCUT2D eigenvalue weighted by Crippen LogP contribution is 2.23. The molecule has 2 unspecified atom stereocenters. The molecule has 40 heavy (non-hydrogen) atoms. The summed E-state index contributed by atoms with van der Waals surface area (Å²) in [6.07, 6.45) is 1.89. The molecule has 3 aromatic carbocycles. The van der Waals surface area contributed by atoms with Gasteiger partial charge in [-0.05, 0) is 62.1 Å². The molecule has 0 radical (unpaired) electrons. The van der Waals surface area contributed by atoms with Crippen molar-refractivity contribution in [3.8, 4) is 0 Å². The molecule has 0 aromatic heterocycles. The van der Waals surface area contributed by atoms with Crippen molar-refractivity contribution in [2.75, 3.05) is 17.1 Å². The highest BCUT2D eigenvalue weighted by molar-refractivity contribution is 7.92. The Kier molecular flexibility index (Phi) is 10.5. The van der Waals surface area contributed by atoms with Crippen LogP contribution in [0.1, 0.15) is 42.5 Å². The van der Waals surface area contributed by atoms with Crippen molar-refractivity contribution in [3.63, 3.8) is 0 Å². The molecule has 0 saturated heterocycles. The van der Waals surface area contributed by atoms with Gasteiger partial charge >= 0.3 is 0 Å². The lowest BCUT2D eigenvalue weighted by Crippen LogP contribution is -2.54. The Hall–Kier alpha value is -3.72. The topological polar surface area (TPSA) is 86.8 Å². The van der Waals surface area contributed by atoms with E-state index in [2.05, 4.69) is 5.32 Å². The molecule has 214 valence electrons. The first-order valence-corrected chi connectivity index (χ1v) is 15.2. The minimum Gasteiger partial charge on any atom is -0.352 e. The number of carbonyl (C=O) groups excluding carboxylic acids is 2. The molecule has 1 N–H and O–H groups in total. The van der Waals surface area contributed by atoms with E-state index in [-0.39, 0.29) is 30.5 Å². The number of sulfonamides is 1. The van der Waals surface area contributed by atoms with E-state index >= 15 is 0 Å². The summed E-state index contributed by atoms with van der Waals surface area (Å²) in [7, 11) is -3.88. The molecule has 0 aliphatic heterocycles. The normalized spacial score (nSPS) is 12.8. The Balaban J connectivity index is 2.09. The van der Waals surface area contributed by atoms with Crippen molar-refractivity contribution in [2.24, 2.45) is 0 Å². The SMILES string of the molecule is CCC(C)NC(=O)C(Cc1ccccc1)N(Cc1ccccc1F)C(=O)CN(c1cc(C)cc(C)c1)S(C)(=O)=O. The molecule has 0 spiro atoms. The van der Waals surface area contributed by atoms with Crippen molar-refractivity contribution < 1.29 is 22.4 Å². The van der Waals surface area contributed by atoms with Gasteiger partial charge in [-0.2, -0.15) is 0 Å². The van der Waals surface area contributed by atoms with Crippen molar-refractivity contribution in [1.29, 1.82) is 0 Å². The number of carbonyl (C=O) groups is 2. The van der Waals surface area contributed by atoms with Crippen LogP contribution in [0.25, 0.3) is 0 Å². The Morgan fingerprint density at radius 1 is 0.950 bits per heavy atom. The first kappa shape index (κ1) is 30.8. The Bertz CT molecular complexity index is 1410. The van der Waals surface area contributed by atoms with Crippen LogP contribution >= 0.6 is 0 Å². The Morgan fingerprint density at radius 2 is 1.55 bits per heavy atom. The molecule has 2 atom stereocenters. The first-order chi connectivity index (χ1) is 18.9. The molecule has 3 rings (SSSR count). The predicted octanol–water partition coefficient (Wildman–Crippen LogP) is 4.76. The van der Waals surface area contributed by atoms with E-state index in [0.717, 1.165) is 27.3 Å². The Labute approximate surface area is 237 Å². The molecule has 2 amide bonds. The summed E-state index contributed by atoms with van der Waals surface area (Å²) in [5.41, 5.74) is 3.07. The molecule has 9 heteroatoms. The molecule has 3 aromatic rings. The molecule has 0 fully saturated rings. The van der Waals surface area contributed by atoms with Gasteiger partial charge in [0.05, 0.1) is 11.9 Å². The summed E-state index contributed by atoms with van der Waals surface area (Å²) in [6.45, 7) is 6.75. The van der Waals surface area contributed by atoms with Gasteiger partial charge in [0.25, 0.3) is 0 Å². The second-order valence-corrected chi connectivity index (χ2v) is 12.2. The Morgan fingerprint density at radius 3 is 2.12 bits per heavy atom. The number of nitrogens with one attached hydrogen (secondary N) is 1. The fourth-order valence-corrected chi connectivity index (χ4v) is 5.35. The zero-order valence-corrected chi connectivity index (χ0v) is 24.5. The number of hydrogen-bond acceptors (Lipinski definition) is 4. The van der Waals surface area contributed by atoms with E-state index in [4.69, 9.17) is 0 Å². The van der Waals surface area contributed by atoms with Crippen molar-refractivity contribution in [1.82, 2.24) is 10.2 Å². The second-order valence-electron chi connectivity index (χ2n) is 10.3. The van der Waals surface area contributed by atoms with Crippen LogP contribution in [-0.2, 0) is 32.6 Å². The minimum absolute atomic E-state index is 0.154. The molecular formula is C31H38FN3O4S. The molecule has 0 aliphatic rings. The maximum atomic E-state index is 14.8. The first-order valence-electron chi connectivity index (χ1n) is 13.3. The monoisotopic (exact) mass is 567 g/mol. The fourth-order valence-electron chi connectivity index (χ4n) is 4.51. The number of benzene rings is 3. The van der Waals surface area contributed by atoms with Gasteiger partial charge in [-0.25, -0.2) is 12.8 Å². The third kappa shape index (κ3) is 8.39. The highest BCUT2D eigenvalue weighted by atomic mass is 32.2. The predicted molar refractivity (Wildman–Crippen MR) is 157 cm³/mol. The van der Waals surface area contributed by atoms with Gasteiger partial charge in [0, 0.05) is 24.6 Å². The third-order valence-electron chi connectivity index (χ3n) is 6.74. The molecule has 0 heterocycles. The number of halogens is 1. The maximum Gasteiger partial charge on any atom is 0.244 e. The molecule has 0 saturated carbocycles.